The van der Waals surface area contributed by atoms with Gasteiger partial charge in [-0.15, -0.1) is 22.7 Å². The highest BCUT2D eigenvalue weighted by atomic mass is 32.1. The van der Waals surface area contributed by atoms with Crippen molar-refractivity contribution in [1.82, 2.24) is 9.97 Å². The minimum absolute atomic E-state index is 0.716. The maximum Gasteiger partial charge on any atom is 0.161 e. The lowest BCUT2D eigenvalue weighted by molar-refractivity contribution is 1.19. The van der Waals surface area contributed by atoms with Gasteiger partial charge in [-0.3, -0.25) is 0 Å². The third kappa shape index (κ3) is 5.14. The second-order valence-electron chi connectivity index (χ2n) is 13.7. The monoisotopic (exact) mass is 722 g/mol. The van der Waals surface area contributed by atoms with Crippen LogP contribution in [0.4, 0.5) is 0 Å². The molecular weight excluding hydrogens is 693 g/mol. The van der Waals surface area contributed by atoms with Gasteiger partial charge in [-0.2, -0.15) is 0 Å². The van der Waals surface area contributed by atoms with Crippen molar-refractivity contribution in [3.63, 3.8) is 0 Å². The van der Waals surface area contributed by atoms with Crippen LogP contribution in [0, 0.1) is 0 Å². The van der Waals surface area contributed by atoms with Gasteiger partial charge >= 0.3 is 0 Å². The van der Waals surface area contributed by atoms with E-state index in [-0.39, 0.29) is 0 Å². The standard InChI is InChI=1S/C50H30N2S2/c1-2-14-32(15-3-1)44-30-45(52-50(51-44)43-24-10-16-31-13-4-5-17-36(31)43)35-28-33(37-20-11-22-41-39-18-6-8-25-46(39)53-48(37)41)27-34(29-35)38-21-12-23-42-40-19-7-9-26-47(40)54-49(38)42/h1-30H. The van der Waals surface area contributed by atoms with Crippen LogP contribution in [0.3, 0.4) is 0 Å². The molecule has 8 aromatic carbocycles. The van der Waals surface area contributed by atoms with E-state index in [1.807, 2.05) is 22.7 Å². The smallest absolute Gasteiger partial charge is 0.161 e. The molecule has 0 aliphatic carbocycles. The van der Waals surface area contributed by atoms with Crippen LogP contribution in [0.15, 0.2) is 182 Å². The molecule has 0 saturated carbocycles. The lowest BCUT2D eigenvalue weighted by Crippen LogP contribution is -1.97. The SMILES string of the molecule is c1ccc(-c2cc(-c3cc(-c4cccc5c4sc4ccccc45)cc(-c4cccc5c4sc4ccccc45)c3)nc(-c3cccc4ccccc34)n2)cc1. The van der Waals surface area contributed by atoms with Crippen molar-refractivity contribution in [2.24, 2.45) is 0 Å². The molecule has 0 amide bonds. The Balaban J connectivity index is 1.20. The van der Waals surface area contributed by atoms with Crippen molar-refractivity contribution >= 4 is 73.8 Å². The number of hydrogen-bond donors (Lipinski definition) is 0. The summed E-state index contributed by atoms with van der Waals surface area (Å²) >= 11 is 3.74. The molecule has 0 bridgehead atoms. The molecule has 0 aliphatic rings. The summed E-state index contributed by atoms with van der Waals surface area (Å²) in [4.78, 5) is 10.6. The van der Waals surface area contributed by atoms with Crippen molar-refractivity contribution in [1.29, 1.82) is 0 Å². The lowest BCUT2D eigenvalue weighted by Gasteiger charge is -2.14. The predicted octanol–water partition coefficient (Wildman–Crippen LogP) is 14.7. The van der Waals surface area contributed by atoms with Crippen molar-refractivity contribution in [3.8, 4) is 56.2 Å². The van der Waals surface area contributed by atoms with Crippen LogP contribution in [-0.4, -0.2) is 9.97 Å². The third-order valence-electron chi connectivity index (χ3n) is 10.5. The minimum atomic E-state index is 0.716. The van der Waals surface area contributed by atoms with Gasteiger partial charge < -0.3 is 0 Å². The van der Waals surface area contributed by atoms with E-state index in [9.17, 15) is 0 Å². The van der Waals surface area contributed by atoms with Gasteiger partial charge in [0.25, 0.3) is 0 Å². The fourth-order valence-corrected chi connectivity index (χ4v) is 10.4. The average Bonchev–Trinajstić information content (AvgIpc) is 3.82. The number of benzene rings is 8. The van der Waals surface area contributed by atoms with Gasteiger partial charge in [0, 0.05) is 57.0 Å². The molecule has 0 unspecified atom stereocenters. The number of fused-ring (bicyclic) bond motifs is 7. The van der Waals surface area contributed by atoms with Crippen LogP contribution < -0.4 is 0 Å². The predicted molar refractivity (Wildman–Crippen MR) is 232 cm³/mol. The van der Waals surface area contributed by atoms with Crippen molar-refractivity contribution < 1.29 is 0 Å². The molecule has 11 rings (SSSR count). The summed E-state index contributed by atoms with van der Waals surface area (Å²) in [7, 11) is 0. The molecule has 0 aliphatic heterocycles. The molecule has 0 fully saturated rings. The second kappa shape index (κ2) is 12.6. The number of thiophene rings is 2. The summed E-state index contributed by atoms with van der Waals surface area (Å²) in [6.45, 7) is 0. The first-order valence-corrected chi connectivity index (χ1v) is 19.8. The summed E-state index contributed by atoms with van der Waals surface area (Å²) < 4.78 is 5.20. The Hall–Kier alpha value is -6.46. The molecule has 0 radical (unpaired) electrons. The minimum Gasteiger partial charge on any atom is -0.228 e. The second-order valence-corrected chi connectivity index (χ2v) is 15.8. The van der Waals surface area contributed by atoms with Crippen LogP contribution in [0.1, 0.15) is 0 Å². The summed E-state index contributed by atoms with van der Waals surface area (Å²) in [5.41, 5.74) is 9.72. The van der Waals surface area contributed by atoms with E-state index in [0.717, 1.165) is 33.5 Å². The lowest BCUT2D eigenvalue weighted by atomic mass is 9.93. The topological polar surface area (TPSA) is 25.8 Å². The van der Waals surface area contributed by atoms with E-state index in [1.54, 1.807) is 0 Å². The highest BCUT2D eigenvalue weighted by molar-refractivity contribution is 7.26. The molecule has 4 heteroatoms. The highest BCUT2D eigenvalue weighted by Crippen LogP contribution is 2.45. The normalized spacial score (nSPS) is 11.7. The van der Waals surface area contributed by atoms with E-state index in [1.165, 1.54) is 68.0 Å². The molecule has 11 aromatic rings. The van der Waals surface area contributed by atoms with Crippen molar-refractivity contribution in [2.45, 2.75) is 0 Å². The zero-order valence-corrected chi connectivity index (χ0v) is 30.7. The van der Waals surface area contributed by atoms with Crippen LogP contribution in [-0.2, 0) is 0 Å². The van der Waals surface area contributed by atoms with Gasteiger partial charge in [-0.25, -0.2) is 9.97 Å². The van der Waals surface area contributed by atoms with Gasteiger partial charge in [0.05, 0.1) is 11.4 Å². The molecule has 3 heterocycles. The summed E-state index contributed by atoms with van der Waals surface area (Å²) in [5, 5.41) is 7.49. The largest absolute Gasteiger partial charge is 0.228 e. The highest BCUT2D eigenvalue weighted by Gasteiger charge is 2.18. The first-order valence-electron chi connectivity index (χ1n) is 18.1. The van der Waals surface area contributed by atoms with Crippen LogP contribution >= 0.6 is 22.7 Å². The molecule has 0 saturated heterocycles. The number of aromatic nitrogens is 2. The molecule has 0 N–H and O–H groups in total. The fourth-order valence-electron chi connectivity index (χ4n) is 7.93. The van der Waals surface area contributed by atoms with Gasteiger partial charge in [-0.05, 0) is 69.4 Å². The first-order chi connectivity index (χ1) is 26.7. The van der Waals surface area contributed by atoms with E-state index in [2.05, 4.69) is 182 Å². The Bertz CT molecular complexity index is 3090. The molecule has 54 heavy (non-hydrogen) atoms. The van der Waals surface area contributed by atoms with Gasteiger partial charge in [-0.1, -0.05) is 146 Å². The van der Waals surface area contributed by atoms with E-state index < -0.39 is 0 Å². The van der Waals surface area contributed by atoms with Gasteiger partial charge in [0.1, 0.15) is 0 Å². The number of rotatable bonds is 5. The zero-order chi connectivity index (χ0) is 35.6. The summed E-state index contributed by atoms with van der Waals surface area (Å²) in [6, 6.07) is 65.5. The Labute approximate surface area is 320 Å². The van der Waals surface area contributed by atoms with Gasteiger partial charge in [0.15, 0.2) is 5.82 Å². The molecule has 2 nitrogen and oxygen atoms in total. The van der Waals surface area contributed by atoms with E-state index in [4.69, 9.17) is 9.97 Å². The summed E-state index contributed by atoms with van der Waals surface area (Å²) in [6.07, 6.45) is 0. The molecule has 3 aromatic heterocycles. The maximum absolute atomic E-state index is 5.41. The Morgan fingerprint density at radius 1 is 0.315 bits per heavy atom. The Morgan fingerprint density at radius 2 is 0.778 bits per heavy atom. The van der Waals surface area contributed by atoms with Crippen LogP contribution in [0.25, 0.3) is 107 Å². The molecule has 0 atom stereocenters. The third-order valence-corrected chi connectivity index (χ3v) is 12.9. The maximum atomic E-state index is 5.41. The van der Waals surface area contributed by atoms with Crippen LogP contribution in [0.5, 0.6) is 0 Å². The fraction of sp³-hybridized carbons (Fsp3) is 0. The Morgan fingerprint density at radius 3 is 1.43 bits per heavy atom. The Kier molecular flexibility index (Phi) is 7.25. The van der Waals surface area contributed by atoms with Crippen LogP contribution in [0.2, 0.25) is 0 Å². The number of hydrogen-bond acceptors (Lipinski definition) is 4. The molecule has 252 valence electrons. The summed E-state index contributed by atoms with van der Waals surface area (Å²) in [5.74, 6) is 0.716. The molecule has 0 spiro atoms. The quantitative estimate of drug-likeness (QED) is 0.177. The average molecular weight is 723 g/mol. The van der Waals surface area contributed by atoms with Gasteiger partial charge in [0.2, 0.25) is 0 Å². The van der Waals surface area contributed by atoms with E-state index in [0.29, 0.717) is 5.82 Å². The van der Waals surface area contributed by atoms with Crippen molar-refractivity contribution in [2.75, 3.05) is 0 Å². The number of nitrogens with zero attached hydrogens (tertiary/aromatic N) is 2. The van der Waals surface area contributed by atoms with Crippen molar-refractivity contribution in [3.05, 3.63) is 182 Å². The zero-order valence-electron chi connectivity index (χ0n) is 29.0. The van der Waals surface area contributed by atoms with E-state index >= 15 is 0 Å². The molecular formula is C50H30N2S2. The first kappa shape index (κ1) is 31.1.